The number of nitrogens with zero attached hydrogens (tertiary/aromatic N) is 1. The lowest BCUT2D eigenvalue weighted by molar-refractivity contribution is -0.144. The Morgan fingerprint density at radius 2 is 2.00 bits per heavy atom. The molecule has 0 aliphatic carbocycles. The molecule has 0 aliphatic rings. The SMILES string of the molecule is CCOC(=O)CN(CCc1ccsc1)Cc1ccccc1. The molecule has 2 rings (SSSR count). The highest BCUT2D eigenvalue weighted by Gasteiger charge is 2.12. The number of carbonyl (C=O) groups excluding carboxylic acids is 1. The average molecular weight is 303 g/mol. The third kappa shape index (κ3) is 5.69. The van der Waals surface area contributed by atoms with Gasteiger partial charge < -0.3 is 4.74 Å². The number of esters is 1. The molecule has 0 fully saturated rings. The largest absolute Gasteiger partial charge is 0.465 e. The number of ether oxygens (including phenoxy) is 1. The minimum atomic E-state index is -0.154. The molecule has 0 radical (unpaired) electrons. The summed E-state index contributed by atoms with van der Waals surface area (Å²) in [6.45, 7) is 4.23. The smallest absolute Gasteiger partial charge is 0.320 e. The van der Waals surface area contributed by atoms with Crippen molar-refractivity contribution < 1.29 is 9.53 Å². The van der Waals surface area contributed by atoms with Gasteiger partial charge in [0, 0.05) is 13.1 Å². The second kappa shape index (κ2) is 8.60. The fraction of sp³-hybridized carbons (Fsp3) is 0.353. The first-order valence-corrected chi connectivity index (χ1v) is 8.15. The summed E-state index contributed by atoms with van der Waals surface area (Å²) in [6.07, 6.45) is 0.954. The van der Waals surface area contributed by atoms with Crippen LogP contribution in [0.15, 0.2) is 47.2 Å². The van der Waals surface area contributed by atoms with Gasteiger partial charge in [0.1, 0.15) is 0 Å². The van der Waals surface area contributed by atoms with Crippen molar-refractivity contribution in [3.8, 4) is 0 Å². The summed E-state index contributed by atoms with van der Waals surface area (Å²) in [4.78, 5) is 13.9. The molecule has 1 heterocycles. The molecule has 0 atom stereocenters. The maximum Gasteiger partial charge on any atom is 0.320 e. The van der Waals surface area contributed by atoms with Gasteiger partial charge in [-0.1, -0.05) is 30.3 Å². The van der Waals surface area contributed by atoms with Crippen molar-refractivity contribution in [2.45, 2.75) is 19.9 Å². The van der Waals surface area contributed by atoms with E-state index in [9.17, 15) is 4.79 Å². The predicted molar refractivity (Wildman–Crippen MR) is 86.4 cm³/mol. The van der Waals surface area contributed by atoms with Crippen LogP contribution in [0, 0.1) is 0 Å². The fourth-order valence-electron chi connectivity index (χ4n) is 2.17. The second-order valence-corrected chi connectivity index (χ2v) is 5.66. The molecule has 1 aromatic carbocycles. The van der Waals surface area contributed by atoms with E-state index in [-0.39, 0.29) is 5.97 Å². The quantitative estimate of drug-likeness (QED) is 0.700. The average Bonchev–Trinajstić information content (AvgIpc) is 2.99. The Morgan fingerprint density at radius 1 is 1.19 bits per heavy atom. The van der Waals surface area contributed by atoms with Crippen LogP contribution in [0.5, 0.6) is 0 Å². The Labute approximate surface area is 130 Å². The number of carbonyl (C=O) groups is 1. The van der Waals surface area contributed by atoms with Crippen LogP contribution in [-0.4, -0.2) is 30.6 Å². The number of hydrogen-bond donors (Lipinski definition) is 0. The summed E-state index contributed by atoms with van der Waals surface area (Å²) in [5, 5.41) is 4.24. The Balaban J connectivity index is 1.94. The molecule has 0 spiro atoms. The van der Waals surface area contributed by atoms with Crippen LogP contribution in [0.1, 0.15) is 18.1 Å². The van der Waals surface area contributed by atoms with Gasteiger partial charge >= 0.3 is 5.97 Å². The van der Waals surface area contributed by atoms with Crippen LogP contribution in [0.25, 0.3) is 0 Å². The van der Waals surface area contributed by atoms with E-state index in [1.165, 1.54) is 11.1 Å². The summed E-state index contributed by atoms with van der Waals surface area (Å²) < 4.78 is 5.07. The van der Waals surface area contributed by atoms with E-state index in [0.29, 0.717) is 13.2 Å². The minimum Gasteiger partial charge on any atom is -0.465 e. The van der Waals surface area contributed by atoms with E-state index < -0.39 is 0 Å². The van der Waals surface area contributed by atoms with E-state index >= 15 is 0 Å². The minimum absolute atomic E-state index is 0.154. The molecule has 0 N–H and O–H groups in total. The zero-order valence-electron chi connectivity index (χ0n) is 12.3. The molecular weight excluding hydrogens is 282 g/mol. The van der Waals surface area contributed by atoms with Gasteiger partial charge in [-0.25, -0.2) is 0 Å². The zero-order valence-corrected chi connectivity index (χ0v) is 13.1. The van der Waals surface area contributed by atoms with Gasteiger partial charge in [0.05, 0.1) is 13.2 Å². The van der Waals surface area contributed by atoms with Crippen molar-refractivity contribution >= 4 is 17.3 Å². The molecule has 21 heavy (non-hydrogen) atoms. The van der Waals surface area contributed by atoms with Crippen molar-refractivity contribution in [2.24, 2.45) is 0 Å². The van der Waals surface area contributed by atoms with Crippen LogP contribution in [0.4, 0.5) is 0 Å². The van der Waals surface area contributed by atoms with Crippen molar-refractivity contribution in [3.63, 3.8) is 0 Å². The maximum absolute atomic E-state index is 11.7. The van der Waals surface area contributed by atoms with E-state index in [0.717, 1.165) is 19.5 Å². The van der Waals surface area contributed by atoms with Gasteiger partial charge in [-0.05, 0) is 41.3 Å². The molecule has 3 nitrogen and oxygen atoms in total. The topological polar surface area (TPSA) is 29.5 Å². The summed E-state index contributed by atoms with van der Waals surface area (Å²) in [7, 11) is 0. The first kappa shape index (κ1) is 15.7. The molecule has 0 saturated heterocycles. The molecular formula is C17H21NO2S. The lowest BCUT2D eigenvalue weighted by Gasteiger charge is -2.21. The van der Waals surface area contributed by atoms with E-state index in [2.05, 4.69) is 33.9 Å². The molecule has 2 aromatic rings. The van der Waals surface area contributed by atoms with Gasteiger partial charge in [-0.2, -0.15) is 11.3 Å². The van der Waals surface area contributed by atoms with Gasteiger partial charge in [-0.15, -0.1) is 0 Å². The molecule has 1 aromatic heterocycles. The number of thiophene rings is 1. The Morgan fingerprint density at radius 3 is 2.67 bits per heavy atom. The van der Waals surface area contributed by atoms with Crippen LogP contribution in [-0.2, 0) is 22.5 Å². The molecule has 0 aliphatic heterocycles. The first-order chi connectivity index (χ1) is 10.3. The lowest BCUT2D eigenvalue weighted by atomic mass is 10.2. The molecule has 0 bridgehead atoms. The zero-order chi connectivity index (χ0) is 14.9. The van der Waals surface area contributed by atoms with Gasteiger partial charge in [-0.3, -0.25) is 9.69 Å². The highest BCUT2D eigenvalue weighted by atomic mass is 32.1. The Kier molecular flexibility index (Phi) is 6.44. The maximum atomic E-state index is 11.7. The van der Waals surface area contributed by atoms with Gasteiger partial charge in [0.15, 0.2) is 0 Å². The molecule has 0 saturated carbocycles. The van der Waals surface area contributed by atoms with Crippen LogP contribution < -0.4 is 0 Å². The monoisotopic (exact) mass is 303 g/mol. The van der Waals surface area contributed by atoms with Crippen LogP contribution in [0.3, 0.4) is 0 Å². The van der Waals surface area contributed by atoms with Crippen molar-refractivity contribution in [2.75, 3.05) is 19.7 Å². The highest BCUT2D eigenvalue weighted by molar-refractivity contribution is 7.07. The Bertz CT molecular complexity index is 525. The summed E-state index contributed by atoms with van der Waals surface area (Å²) in [5.74, 6) is -0.154. The van der Waals surface area contributed by atoms with E-state index in [1.54, 1.807) is 11.3 Å². The normalized spacial score (nSPS) is 10.8. The van der Waals surface area contributed by atoms with Crippen molar-refractivity contribution in [3.05, 3.63) is 58.3 Å². The molecule has 0 unspecified atom stereocenters. The van der Waals surface area contributed by atoms with Gasteiger partial charge in [0.2, 0.25) is 0 Å². The third-order valence-corrected chi connectivity index (χ3v) is 3.94. The number of hydrogen-bond acceptors (Lipinski definition) is 4. The molecule has 4 heteroatoms. The van der Waals surface area contributed by atoms with Crippen molar-refractivity contribution in [1.82, 2.24) is 4.90 Å². The lowest BCUT2D eigenvalue weighted by Crippen LogP contribution is -2.32. The molecule has 0 amide bonds. The van der Waals surface area contributed by atoms with Gasteiger partial charge in [0.25, 0.3) is 0 Å². The first-order valence-electron chi connectivity index (χ1n) is 7.21. The summed E-state index contributed by atoms with van der Waals surface area (Å²) in [5.41, 5.74) is 2.54. The standard InChI is InChI=1S/C17H21NO2S/c1-2-20-17(19)13-18(10-8-16-9-11-21-14-16)12-15-6-4-3-5-7-15/h3-7,9,11,14H,2,8,10,12-13H2,1H3. The van der Waals surface area contributed by atoms with Crippen molar-refractivity contribution in [1.29, 1.82) is 0 Å². The predicted octanol–water partition coefficient (Wildman–Crippen LogP) is 3.36. The Hall–Kier alpha value is -1.65. The van der Waals surface area contributed by atoms with E-state index in [1.807, 2.05) is 25.1 Å². The fourth-order valence-corrected chi connectivity index (χ4v) is 2.87. The number of benzene rings is 1. The summed E-state index contributed by atoms with van der Waals surface area (Å²) in [6, 6.07) is 12.4. The van der Waals surface area contributed by atoms with Crippen LogP contribution >= 0.6 is 11.3 Å². The van der Waals surface area contributed by atoms with Crippen LogP contribution in [0.2, 0.25) is 0 Å². The second-order valence-electron chi connectivity index (χ2n) is 4.88. The summed E-state index contributed by atoms with van der Waals surface area (Å²) >= 11 is 1.71. The third-order valence-electron chi connectivity index (χ3n) is 3.20. The number of rotatable bonds is 8. The highest BCUT2D eigenvalue weighted by Crippen LogP contribution is 2.10. The molecule has 112 valence electrons. The van der Waals surface area contributed by atoms with E-state index in [4.69, 9.17) is 4.74 Å².